The molecule has 1 aromatic rings. The third kappa shape index (κ3) is 1.10. The molecule has 44 valence electrons. The Bertz CT molecular complexity index is 145. The average molecular weight is 130 g/mol. The van der Waals surface area contributed by atoms with E-state index in [1.807, 2.05) is 11.9 Å². The molecule has 0 saturated carbocycles. The fourth-order valence-electron chi connectivity index (χ4n) is 0.505. The monoisotopic (exact) mass is 130 g/mol. The zero-order valence-corrected chi connectivity index (χ0v) is 5.20. The van der Waals surface area contributed by atoms with Crippen LogP contribution < -0.4 is 0 Å². The molecule has 1 rings (SSSR count). The van der Waals surface area contributed by atoms with Crippen molar-refractivity contribution in [2.24, 2.45) is 0 Å². The Morgan fingerprint density at radius 2 is 2.25 bits per heavy atom. The lowest BCUT2D eigenvalue weighted by Crippen LogP contribution is -1.87. The Kier molecular flexibility index (Phi) is 1.69. The van der Waals surface area contributed by atoms with Gasteiger partial charge in [-0.1, -0.05) is 6.07 Å². The Hall–Kier alpha value is -0.300. The highest BCUT2D eigenvalue weighted by atomic mass is 31.0. The predicted octanol–water partition coefficient (Wildman–Crippen LogP) is 0.701. The molecule has 0 saturated heterocycles. The number of hydrogen-bond acceptors (Lipinski definition) is 2. The zero-order valence-electron chi connectivity index (χ0n) is 4.20. The van der Waals surface area contributed by atoms with Crippen LogP contribution in [0.1, 0.15) is 11.6 Å². The molecule has 1 atom stereocenters. The summed E-state index contributed by atoms with van der Waals surface area (Å²) in [5.41, 5.74) is 0. The molecule has 0 spiro atoms. The summed E-state index contributed by atoms with van der Waals surface area (Å²) in [7, 11) is 0.461. The lowest BCUT2D eigenvalue weighted by Gasteiger charge is -1.95. The van der Waals surface area contributed by atoms with E-state index in [4.69, 9.17) is 10.2 Å². The quantitative estimate of drug-likeness (QED) is 0.549. The van der Waals surface area contributed by atoms with Crippen LogP contribution in [0.4, 0.5) is 0 Å². The van der Waals surface area contributed by atoms with E-state index < -0.39 is 6.29 Å². The normalized spacial score (nSPS) is 11.4. The smallest absolute Gasteiger partial charge is 0.181 e. The van der Waals surface area contributed by atoms with Crippen molar-refractivity contribution >= 4 is 8.19 Å². The van der Waals surface area contributed by atoms with Crippen LogP contribution in [0.25, 0.3) is 0 Å². The van der Waals surface area contributed by atoms with Crippen LogP contribution in [0, 0.1) is 0 Å². The molecule has 2 N–H and O–H groups in total. The van der Waals surface area contributed by atoms with Gasteiger partial charge in [-0.25, -0.2) is 0 Å². The van der Waals surface area contributed by atoms with Gasteiger partial charge in [0, 0.05) is 5.30 Å². The second-order valence-corrected chi connectivity index (χ2v) is 2.70. The number of rotatable bonds is 1. The molecule has 0 aliphatic rings. The van der Waals surface area contributed by atoms with Crippen LogP contribution in [0.3, 0.4) is 0 Å². The second kappa shape index (κ2) is 2.31. The van der Waals surface area contributed by atoms with Gasteiger partial charge < -0.3 is 10.2 Å². The summed E-state index contributed by atoms with van der Waals surface area (Å²) in [6.07, 6.45) is -1.25. The van der Waals surface area contributed by atoms with E-state index in [1.54, 1.807) is 6.07 Å². The summed E-state index contributed by atoms with van der Waals surface area (Å²) in [4.78, 5) is 0. The van der Waals surface area contributed by atoms with Crippen molar-refractivity contribution in [2.75, 3.05) is 0 Å². The van der Waals surface area contributed by atoms with Gasteiger partial charge in [-0.15, -0.1) is 8.19 Å². The van der Waals surface area contributed by atoms with Crippen LogP contribution in [0.5, 0.6) is 0 Å². The fourth-order valence-corrected chi connectivity index (χ4v) is 1.23. The molecule has 3 heteroatoms. The van der Waals surface area contributed by atoms with Gasteiger partial charge in [0.1, 0.15) is 0 Å². The van der Waals surface area contributed by atoms with E-state index in [2.05, 4.69) is 0 Å². The van der Waals surface area contributed by atoms with Crippen LogP contribution in [0.2, 0.25) is 0 Å². The van der Waals surface area contributed by atoms with Crippen LogP contribution in [-0.2, 0) is 0 Å². The minimum absolute atomic E-state index is 0.461. The fraction of sp³-hybridized carbons (Fsp3) is 0.200. The van der Waals surface area contributed by atoms with Crippen LogP contribution >= 0.6 is 8.19 Å². The molecule has 0 bridgehead atoms. The number of hydrogen-bond donors (Lipinski definition) is 2. The largest absolute Gasteiger partial charge is 0.364 e. The Balaban J connectivity index is 2.77. The molecule has 0 fully saturated rings. The maximum Gasteiger partial charge on any atom is 0.181 e. The van der Waals surface area contributed by atoms with Gasteiger partial charge in [0.25, 0.3) is 0 Å². The maximum absolute atomic E-state index is 8.51. The second-order valence-electron chi connectivity index (χ2n) is 1.50. The minimum Gasteiger partial charge on any atom is -0.364 e. The topological polar surface area (TPSA) is 40.5 Å². The summed E-state index contributed by atoms with van der Waals surface area (Å²) >= 11 is 0. The van der Waals surface area contributed by atoms with Crippen molar-refractivity contribution in [3.8, 4) is 0 Å². The van der Waals surface area contributed by atoms with Crippen LogP contribution in [0.15, 0.2) is 17.9 Å². The minimum atomic E-state index is -1.25. The van der Waals surface area contributed by atoms with Crippen molar-refractivity contribution in [2.45, 2.75) is 6.29 Å². The summed E-state index contributed by atoms with van der Waals surface area (Å²) < 4.78 is 0. The average Bonchev–Trinajstić information content (AvgIpc) is 2.12. The van der Waals surface area contributed by atoms with Crippen molar-refractivity contribution < 1.29 is 10.2 Å². The van der Waals surface area contributed by atoms with E-state index >= 15 is 0 Å². The maximum atomic E-state index is 8.51. The molecule has 1 unspecified atom stereocenters. The van der Waals surface area contributed by atoms with Crippen molar-refractivity contribution in [1.29, 1.82) is 0 Å². The van der Waals surface area contributed by atoms with Gasteiger partial charge in [0.2, 0.25) is 0 Å². The zero-order chi connectivity index (χ0) is 5.98. The molecule has 0 aliphatic carbocycles. The van der Waals surface area contributed by atoms with Crippen LogP contribution in [-0.4, -0.2) is 10.2 Å². The van der Waals surface area contributed by atoms with Gasteiger partial charge in [0.05, 0.1) is 0 Å². The summed E-state index contributed by atoms with van der Waals surface area (Å²) in [6.45, 7) is 0. The highest BCUT2D eigenvalue weighted by molar-refractivity contribution is 7.30. The molecular weight excluding hydrogens is 123 g/mol. The molecule has 1 aromatic heterocycles. The van der Waals surface area contributed by atoms with Gasteiger partial charge in [-0.05, 0) is 11.9 Å². The van der Waals surface area contributed by atoms with Gasteiger partial charge in [0.15, 0.2) is 6.29 Å². The molecule has 0 amide bonds. The molecule has 2 nitrogen and oxygen atoms in total. The molecule has 1 heterocycles. The van der Waals surface area contributed by atoms with E-state index in [-0.39, 0.29) is 0 Å². The lowest BCUT2D eigenvalue weighted by atomic mass is 10.5. The Morgan fingerprint density at radius 1 is 1.50 bits per heavy atom. The molecule has 0 aromatic carbocycles. The first-order chi connectivity index (χ1) is 3.80. The molecular formula is C5H7O2P. The summed E-state index contributed by atoms with van der Waals surface area (Å²) in [5, 5.41) is 17.7. The highest BCUT2D eigenvalue weighted by Gasteiger charge is 1.98. The van der Waals surface area contributed by atoms with Crippen molar-refractivity contribution in [3.63, 3.8) is 0 Å². The first kappa shape index (κ1) is 5.83. The summed E-state index contributed by atoms with van der Waals surface area (Å²) in [5.74, 6) is 1.91. The summed E-state index contributed by atoms with van der Waals surface area (Å²) in [6, 6.07) is 3.55. The third-order valence-corrected chi connectivity index (χ3v) is 2.02. The standard InChI is InChI=1S/C5H7O2P/c6-5(7)4-2-1-3-8-4/h1-3,5-8H. The van der Waals surface area contributed by atoms with E-state index in [1.165, 1.54) is 0 Å². The third-order valence-electron chi connectivity index (χ3n) is 0.900. The van der Waals surface area contributed by atoms with Gasteiger partial charge in [-0.3, -0.25) is 0 Å². The first-order valence-electron chi connectivity index (χ1n) is 2.30. The van der Waals surface area contributed by atoms with Crippen molar-refractivity contribution in [3.05, 3.63) is 23.2 Å². The van der Waals surface area contributed by atoms with Gasteiger partial charge in [-0.2, -0.15) is 0 Å². The lowest BCUT2D eigenvalue weighted by molar-refractivity contribution is -0.0394. The van der Waals surface area contributed by atoms with E-state index in [9.17, 15) is 0 Å². The molecule has 0 aliphatic heterocycles. The predicted molar refractivity (Wildman–Crippen MR) is 33.1 cm³/mol. The number of aliphatic hydroxyl groups is 2. The molecule has 0 radical (unpaired) electrons. The van der Waals surface area contributed by atoms with E-state index in [0.717, 1.165) is 0 Å². The molecule has 8 heavy (non-hydrogen) atoms. The van der Waals surface area contributed by atoms with Crippen molar-refractivity contribution in [1.82, 2.24) is 0 Å². The van der Waals surface area contributed by atoms with E-state index in [0.29, 0.717) is 13.5 Å². The number of aliphatic hydroxyl groups excluding tert-OH is 1. The highest BCUT2D eigenvalue weighted by Crippen LogP contribution is 2.20. The Morgan fingerprint density at radius 3 is 2.50 bits per heavy atom. The Labute approximate surface area is 48.9 Å². The van der Waals surface area contributed by atoms with Gasteiger partial charge >= 0.3 is 0 Å². The SMILES string of the molecule is OC(O)c1ccc[pH]1. The first-order valence-corrected chi connectivity index (χ1v) is 3.38.